The average Bonchev–Trinajstić information content (AvgIpc) is 3.29. The van der Waals surface area contributed by atoms with Gasteiger partial charge in [0, 0.05) is 47.7 Å². The van der Waals surface area contributed by atoms with Gasteiger partial charge in [0.15, 0.2) is 5.78 Å². The first-order valence-electron chi connectivity index (χ1n) is 12.5. The normalized spacial score (nSPS) is 14.2. The summed E-state index contributed by atoms with van der Waals surface area (Å²) in [5.74, 6) is -0.818. The van der Waals surface area contributed by atoms with E-state index in [4.69, 9.17) is 4.74 Å². The van der Waals surface area contributed by atoms with E-state index in [0.717, 1.165) is 25.2 Å². The molecule has 0 spiro atoms. The molecular formula is C28H28N6O4. The Bertz CT molecular complexity index is 1490. The monoisotopic (exact) mass is 512 g/mol. The van der Waals surface area contributed by atoms with E-state index >= 15 is 0 Å². The highest BCUT2D eigenvalue weighted by atomic mass is 16.5. The van der Waals surface area contributed by atoms with Crippen LogP contribution in [0.25, 0.3) is 11.0 Å². The van der Waals surface area contributed by atoms with Crippen LogP contribution in [0.5, 0.6) is 0 Å². The fourth-order valence-electron chi connectivity index (χ4n) is 4.56. The summed E-state index contributed by atoms with van der Waals surface area (Å²) in [7, 11) is 0. The summed E-state index contributed by atoms with van der Waals surface area (Å²) in [6, 6.07) is 9.09. The van der Waals surface area contributed by atoms with Crippen LogP contribution in [-0.4, -0.2) is 55.7 Å². The number of ether oxygens (including phenoxy) is 1. The maximum absolute atomic E-state index is 13.5. The molecule has 1 aliphatic heterocycles. The molecule has 10 heteroatoms. The van der Waals surface area contributed by atoms with Crippen LogP contribution < -0.4 is 5.32 Å². The highest BCUT2D eigenvalue weighted by Gasteiger charge is 2.25. The number of amides is 1. The fraction of sp³-hybridized carbons (Fsp3) is 0.286. The van der Waals surface area contributed by atoms with Crippen LogP contribution >= 0.6 is 0 Å². The van der Waals surface area contributed by atoms with Crippen molar-refractivity contribution in [2.24, 2.45) is 0 Å². The van der Waals surface area contributed by atoms with E-state index in [-0.39, 0.29) is 18.3 Å². The highest BCUT2D eigenvalue weighted by Crippen LogP contribution is 2.26. The maximum Gasteiger partial charge on any atom is 0.294 e. The Balaban J connectivity index is 1.37. The average molecular weight is 513 g/mol. The lowest BCUT2D eigenvalue weighted by Gasteiger charge is -2.30. The molecule has 1 atom stereocenters. The number of nitrogens with one attached hydrogen (secondary N) is 1. The number of likely N-dealkylation sites (tertiary alicyclic amines) is 1. The third-order valence-corrected chi connectivity index (χ3v) is 6.60. The summed E-state index contributed by atoms with van der Waals surface area (Å²) >= 11 is 0. The summed E-state index contributed by atoms with van der Waals surface area (Å²) in [5.41, 5.74) is 3.31. The van der Waals surface area contributed by atoms with Gasteiger partial charge in [0.05, 0.1) is 17.4 Å². The Morgan fingerprint density at radius 2 is 1.97 bits per heavy atom. The minimum absolute atomic E-state index is 0.0943. The summed E-state index contributed by atoms with van der Waals surface area (Å²) in [6.45, 7) is 7.14. The molecule has 4 aromatic rings. The summed E-state index contributed by atoms with van der Waals surface area (Å²) in [6.07, 6.45) is 7.74. The van der Waals surface area contributed by atoms with Crippen LogP contribution in [0.2, 0.25) is 0 Å². The van der Waals surface area contributed by atoms with Crippen LogP contribution in [0, 0.1) is 0 Å². The van der Waals surface area contributed by atoms with Gasteiger partial charge in [0.1, 0.15) is 12.0 Å². The largest absolute Gasteiger partial charge is 0.449 e. The van der Waals surface area contributed by atoms with Gasteiger partial charge in [-0.25, -0.2) is 9.97 Å². The number of ketones is 1. The van der Waals surface area contributed by atoms with Crippen LogP contribution in [0.1, 0.15) is 59.5 Å². The molecule has 1 saturated heterocycles. The number of rotatable bonds is 10. The second kappa shape index (κ2) is 10.9. The molecule has 1 aliphatic rings. The predicted molar refractivity (Wildman–Crippen MR) is 140 cm³/mol. The predicted octanol–water partition coefficient (Wildman–Crippen LogP) is 3.70. The number of carbonyl (C=O) groups excluding carboxylic acids is 3. The van der Waals surface area contributed by atoms with Crippen molar-refractivity contribution in [1.82, 2.24) is 24.4 Å². The van der Waals surface area contributed by atoms with Crippen molar-refractivity contribution in [2.75, 3.05) is 18.4 Å². The zero-order valence-electron chi connectivity index (χ0n) is 21.2. The van der Waals surface area contributed by atoms with Gasteiger partial charge in [0.25, 0.3) is 12.4 Å². The molecular weight excluding hydrogens is 484 g/mol. The lowest BCUT2D eigenvalue weighted by Crippen LogP contribution is -2.36. The molecule has 1 N–H and O–H groups in total. The molecule has 0 radical (unpaired) electrons. The molecule has 1 unspecified atom stereocenters. The van der Waals surface area contributed by atoms with Gasteiger partial charge in [-0.2, -0.15) is 0 Å². The van der Waals surface area contributed by atoms with E-state index in [2.05, 4.69) is 25.2 Å². The SMILES string of the molecule is CC(C)n1cc(C(=O)c2cncc(NC(=O)C(OC=O)c3cccc(CN4CCC4)c3)c2)c2cncnc21. The number of benzene rings is 1. The molecule has 4 heterocycles. The third-order valence-electron chi connectivity index (χ3n) is 6.60. The maximum atomic E-state index is 13.5. The van der Waals surface area contributed by atoms with Crippen molar-refractivity contribution < 1.29 is 19.1 Å². The quantitative estimate of drug-likeness (QED) is 0.252. The van der Waals surface area contributed by atoms with E-state index < -0.39 is 12.0 Å². The Morgan fingerprint density at radius 3 is 2.71 bits per heavy atom. The minimum atomic E-state index is -1.15. The van der Waals surface area contributed by atoms with Gasteiger partial charge >= 0.3 is 0 Å². The van der Waals surface area contributed by atoms with Crippen LogP contribution in [0.4, 0.5) is 5.69 Å². The summed E-state index contributed by atoms with van der Waals surface area (Å²) < 4.78 is 7.09. The fourth-order valence-corrected chi connectivity index (χ4v) is 4.56. The molecule has 38 heavy (non-hydrogen) atoms. The first-order valence-corrected chi connectivity index (χ1v) is 12.5. The van der Waals surface area contributed by atoms with Gasteiger partial charge < -0.3 is 14.6 Å². The molecule has 194 valence electrons. The van der Waals surface area contributed by atoms with E-state index in [1.165, 1.54) is 25.1 Å². The topological polar surface area (TPSA) is 119 Å². The minimum Gasteiger partial charge on any atom is -0.449 e. The van der Waals surface area contributed by atoms with Gasteiger partial charge in [-0.3, -0.25) is 24.3 Å². The second-order valence-corrected chi connectivity index (χ2v) is 9.57. The number of nitrogens with zero attached hydrogens (tertiary/aromatic N) is 5. The van der Waals surface area contributed by atoms with Gasteiger partial charge in [-0.1, -0.05) is 24.3 Å². The second-order valence-electron chi connectivity index (χ2n) is 9.57. The molecule has 1 aromatic carbocycles. The molecule has 5 rings (SSSR count). The van der Waals surface area contributed by atoms with Crippen LogP contribution in [-0.2, 0) is 20.9 Å². The Morgan fingerprint density at radius 1 is 1.13 bits per heavy atom. The number of fused-ring (bicyclic) bond motifs is 1. The summed E-state index contributed by atoms with van der Waals surface area (Å²) in [5, 5.41) is 3.37. The Hall–Kier alpha value is -4.44. The van der Waals surface area contributed by atoms with E-state index in [1.54, 1.807) is 24.5 Å². The first-order chi connectivity index (χ1) is 18.4. The number of hydrogen-bond donors (Lipinski definition) is 1. The zero-order chi connectivity index (χ0) is 26.6. The zero-order valence-corrected chi connectivity index (χ0v) is 21.2. The van der Waals surface area contributed by atoms with E-state index in [1.807, 2.05) is 36.6 Å². The van der Waals surface area contributed by atoms with Gasteiger partial charge in [0.2, 0.25) is 6.10 Å². The van der Waals surface area contributed by atoms with Crippen molar-refractivity contribution in [3.63, 3.8) is 0 Å². The van der Waals surface area contributed by atoms with Crippen molar-refractivity contribution >= 4 is 34.9 Å². The van der Waals surface area contributed by atoms with Crippen molar-refractivity contribution in [1.29, 1.82) is 0 Å². The first kappa shape index (κ1) is 25.2. The lowest BCUT2D eigenvalue weighted by molar-refractivity contribution is -0.142. The lowest BCUT2D eigenvalue weighted by atomic mass is 10.0. The van der Waals surface area contributed by atoms with Gasteiger partial charge in [-0.05, 0) is 45.0 Å². The van der Waals surface area contributed by atoms with Crippen LogP contribution in [0.3, 0.4) is 0 Å². The standard InChI is InChI=1S/C28H28N6O4/c1-18(2)34-15-24(23-13-30-16-31-27(23)34)25(36)21-10-22(12-29-11-21)32-28(37)26(38-17-35)20-6-3-5-19(9-20)14-33-7-4-8-33/h3,5-6,9-13,15-18,26H,4,7-8,14H2,1-2H3,(H,32,37). The number of aromatic nitrogens is 4. The third kappa shape index (κ3) is 5.16. The highest BCUT2D eigenvalue weighted by molar-refractivity contribution is 6.16. The van der Waals surface area contributed by atoms with Crippen molar-refractivity contribution in [2.45, 2.75) is 39.0 Å². The van der Waals surface area contributed by atoms with Crippen LogP contribution in [0.15, 0.2) is 61.4 Å². The number of pyridine rings is 1. The molecule has 10 nitrogen and oxygen atoms in total. The summed E-state index contributed by atoms with van der Waals surface area (Å²) in [4.78, 5) is 52.7. The molecule has 0 bridgehead atoms. The molecule has 3 aromatic heterocycles. The molecule has 1 fully saturated rings. The Labute approximate surface area is 219 Å². The van der Waals surface area contributed by atoms with E-state index in [0.29, 0.717) is 33.4 Å². The van der Waals surface area contributed by atoms with Gasteiger partial charge in [-0.15, -0.1) is 0 Å². The number of anilines is 1. The van der Waals surface area contributed by atoms with E-state index in [9.17, 15) is 14.4 Å². The number of hydrogen-bond acceptors (Lipinski definition) is 8. The van der Waals surface area contributed by atoms with Crippen molar-refractivity contribution in [3.05, 3.63) is 83.7 Å². The number of carbonyl (C=O) groups is 3. The molecule has 1 amide bonds. The van der Waals surface area contributed by atoms with Crippen molar-refractivity contribution in [3.8, 4) is 0 Å². The molecule has 0 aliphatic carbocycles. The Kier molecular flexibility index (Phi) is 7.23. The molecule has 0 saturated carbocycles. The smallest absolute Gasteiger partial charge is 0.294 e.